The lowest BCUT2D eigenvalue weighted by Crippen LogP contribution is -2.50. The minimum Gasteiger partial charge on any atom is -0.354 e. The van der Waals surface area contributed by atoms with Crippen molar-refractivity contribution in [3.63, 3.8) is 0 Å². The lowest BCUT2D eigenvalue weighted by Gasteiger charge is -2.31. The summed E-state index contributed by atoms with van der Waals surface area (Å²) in [5, 5.41) is 3.00. The first-order valence-corrected chi connectivity index (χ1v) is 10.1. The van der Waals surface area contributed by atoms with E-state index in [-0.39, 0.29) is 11.8 Å². The lowest BCUT2D eigenvalue weighted by molar-refractivity contribution is -0.141. The molecule has 4 heteroatoms. The number of hydrogen-bond donors (Lipinski definition) is 1. The zero-order valence-electron chi connectivity index (χ0n) is 17.4. The van der Waals surface area contributed by atoms with Crippen LogP contribution in [0.3, 0.4) is 0 Å². The van der Waals surface area contributed by atoms with E-state index in [9.17, 15) is 9.59 Å². The monoisotopic (exact) mass is 380 g/mol. The van der Waals surface area contributed by atoms with Crippen LogP contribution in [0.5, 0.6) is 0 Å². The fourth-order valence-electron chi connectivity index (χ4n) is 3.22. The number of benzene rings is 2. The Balaban J connectivity index is 2.25. The first-order valence-electron chi connectivity index (χ1n) is 10.1. The highest BCUT2D eigenvalue weighted by atomic mass is 16.2. The molecule has 0 heterocycles. The largest absolute Gasteiger partial charge is 0.354 e. The van der Waals surface area contributed by atoms with E-state index in [0.717, 1.165) is 16.7 Å². The van der Waals surface area contributed by atoms with Crippen LogP contribution in [0.1, 0.15) is 43.9 Å². The molecule has 0 radical (unpaired) electrons. The second-order valence-corrected chi connectivity index (χ2v) is 7.74. The molecule has 0 spiro atoms. The molecular formula is C24H32N2O2. The summed E-state index contributed by atoms with van der Waals surface area (Å²) in [6.07, 6.45) is 0.872. The van der Waals surface area contributed by atoms with Gasteiger partial charge < -0.3 is 10.2 Å². The summed E-state index contributed by atoms with van der Waals surface area (Å²) in [4.78, 5) is 27.8. The molecule has 1 atom stereocenters. The number of nitrogens with zero attached hydrogens (tertiary/aromatic N) is 1. The van der Waals surface area contributed by atoms with E-state index < -0.39 is 6.04 Å². The molecule has 0 saturated heterocycles. The van der Waals surface area contributed by atoms with Gasteiger partial charge in [0.1, 0.15) is 6.04 Å². The summed E-state index contributed by atoms with van der Waals surface area (Å²) in [5.74, 6) is 0.260. The fraction of sp³-hybridized carbons (Fsp3) is 0.417. The Morgan fingerprint density at radius 3 is 2.29 bits per heavy atom. The molecule has 2 amide bonds. The minimum absolute atomic E-state index is 0.0285. The van der Waals surface area contributed by atoms with Gasteiger partial charge in [-0.15, -0.1) is 0 Å². The van der Waals surface area contributed by atoms with Gasteiger partial charge in [0.05, 0.1) is 6.42 Å². The van der Waals surface area contributed by atoms with Crippen LogP contribution in [-0.4, -0.2) is 29.3 Å². The average molecular weight is 381 g/mol. The van der Waals surface area contributed by atoms with Crippen molar-refractivity contribution in [2.45, 2.75) is 53.1 Å². The third kappa shape index (κ3) is 6.52. The quantitative estimate of drug-likeness (QED) is 0.711. The summed E-state index contributed by atoms with van der Waals surface area (Å²) in [7, 11) is 0. The Bertz CT molecular complexity index is 771. The third-order valence-corrected chi connectivity index (χ3v) is 4.70. The number of aryl methyl sites for hydroxylation is 1. The molecule has 2 aromatic carbocycles. The predicted molar refractivity (Wildman–Crippen MR) is 114 cm³/mol. The molecule has 0 saturated carbocycles. The molecule has 0 bridgehead atoms. The normalized spacial score (nSPS) is 11.9. The second kappa shape index (κ2) is 10.6. The fourth-order valence-corrected chi connectivity index (χ4v) is 3.22. The molecule has 1 N–H and O–H groups in total. The molecule has 0 aliphatic rings. The molecule has 28 heavy (non-hydrogen) atoms. The molecule has 0 aliphatic heterocycles. The smallest absolute Gasteiger partial charge is 0.242 e. The number of hydrogen-bond acceptors (Lipinski definition) is 2. The van der Waals surface area contributed by atoms with Crippen molar-refractivity contribution in [2.24, 2.45) is 5.92 Å². The van der Waals surface area contributed by atoms with Crippen LogP contribution in [0.25, 0.3) is 0 Å². The highest BCUT2D eigenvalue weighted by Gasteiger charge is 2.28. The van der Waals surface area contributed by atoms with E-state index in [2.05, 4.69) is 25.2 Å². The Kier molecular flexibility index (Phi) is 8.24. The van der Waals surface area contributed by atoms with Gasteiger partial charge in [-0.05, 0) is 30.4 Å². The van der Waals surface area contributed by atoms with Gasteiger partial charge in [0, 0.05) is 13.1 Å². The predicted octanol–water partition coefficient (Wildman–Crippen LogP) is 4.12. The van der Waals surface area contributed by atoms with Crippen LogP contribution in [0.2, 0.25) is 0 Å². The molecule has 0 fully saturated rings. The lowest BCUT2D eigenvalue weighted by atomic mass is 10.1. The van der Waals surface area contributed by atoms with E-state index in [0.29, 0.717) is 31.8 Å². The summed E-state index contributed by atoms with van der Waals surface area (Å²) >= 11 is 0. The standard InChI is InChI=1S/C24H32N2O2/c1-5-22(24(28)25-16-18(2)3)26(17-21-13-9-10-19(4)14-21)23(27)15-20-11-7-6-8-12-20/h6-14,18,22H,5,15-17H2,1-4H3,(H,25,28)/t22-/m0/s1. The molecule has 0 aliphatic carbocycles. The van der Waals surface area contributed by atoms with Gasteiger partial charge in [-0.3, -0.25) is 9.59 Å². The zero-order valence-corrected chi connectivity index (χ0v) is 17.4. The second-order valence-electron chi connectivity index (χ2n) is 7.74. The maximum Gasteiger partial charge on any atom is 0.242 e. The van der Waals surface area contributed by atoms with Crippen molar-refractivity contribution in [3.05, 3.63) is 71.3 Å². The molecule has 2 aromatic rings. The molecule has 0 unspecified atom stereocenters. The summed E-state index contributed by atoms with van der Waals surface area (Å²) in [6.45, 7) is 9.16. The van der Waals surface area contributed by atoms with E-state index in [1.165, 1.54) is 0 Å². The first-order chi connectivity index (χ1) is 13.4. The van der Waals surface area contributed by atoms with E-state index in [1.54, 1.807) is 4.90 Å². The summed E-state index contributed by atoms with van der Waals surface area (Å²) in [5.41, 5.74) is 3.14. The van der Waals surface area contributed by atoms with Crippen LogP contribution in [-0.2, 0) is 22.6 Å². The summed E-state index contributed by atoms with van der Waals surface area (Å²) in [6, 6.07) is 17.3. The zero-order chi connectivity index (χ0) is 20.5. The van der Waals surface area contributed by atoms with Gasteiger partial charge >= 0.3 is 0 Å². The first kappa shape index (κ1) is 21.7. The van der Waals surface area contributed by atoms with Crippen LogP contribution in [0, 0.1) is 12.8 Å². The van der Waals surface area contributed by atoms with Gasteiger partial charge in [-0.25, -0.2) is 0 Å². The van der Waals surface area contributed by atoms with Crippen molar-refractivity contribution in [1.29, 1.82) is 0 Å². The topological polar surface area (TPSA) is 49.4 Å². The van der Waals surface area contributed by atoms with E-state index in [1.807, 2.05) is 62.4 Å². The molecule has 4 nitrogen and oxygen atoms in total. The van der Waals surface area contributed by atoms with Crippen LogP contribution in [0.4, 0.5) is 0 Å². The maximum absolute atomic E-state index is 13.2. The molecule has 150 valence electrons. The Morgan fingerprint density at radius 2 is 1.68 bits per heavy atom. The number of rotatable bonds is 9. The maximum atomic E-state index is 13.2. The van der Waals surface area contributed by atoms with Crippen molar-refractivity contribution in [1.82, 2.24) is 10.2 Å². The molecule has 0 aromatic heterocycles. The van der Waals surface area contributed by atoms with Gasteiger partial charge in [-0.1, -0.05) is 80.9 Å². The van der Waals surface area contributed by atoms with Crippen molar-refractivity contribution in [3.8, 4) is 0 Å². The van der Waals surface area contributed by atoms with Crippen molar-refractivity contribution < 1.29 is 9.59 Å². The van der Waals surface area contributed by atoms with Gasteiger partial charge in [0.25, 0.3) is 0 Å². The molecule has 2 rings (SSSR count). The van der Waals surface area contributed by atoms with Gasteiger partial charge in [0.2, 0.25) is 11.8 Å². The van der Waals surface area contributed by atoms with E-state index in [4.69, 9.17) is 0 Å². The highest BCUT2D eigenvalue weighted by molar-refractivity contribution is 5.88. The van der Waals surface area contributed by atoms with Crippen LogP contribution >= 0.6 is 0 Å². The number of carbonyl (C=O) groups is 2. The minimum atomic E-state index is -0.476. The number of nitrogens with one attached hydrogen (secondary N) is 1. The van der Waals surface area contributed by atoms with Gasteiger partial charge in [-0.2, -0.15) is 0 Å². The van der Waals surface area contributed by atoms with Crippen LogP contribution < -0.4 is 5.32 Å². The van der Waals surface area contributed by atoms with Gasteiger partial charge in [0.15, 0.2) is 0 Å². The Hall–Kier alpha value is -2.62. The number of carbonyl (C=O) groups excluding carboxylic acids is 2. The van der Waals surface area contributed by atoms with E-state index >= 15 is 0 Å². The average Bonchev–Trinajstić information content (AvgIpc) is 2.67. The SMILES string of the molecule is CC[C@@H](C(=O)NCC(C)C)N(Cc1cccc(C)c1)C(=O)Cc1ccccc1. The molecular weight excluding hydrogens is 348 g/mol. The number of amides is 2. The third-order valence-electron chi connectivity index (χ3n) is 4.70. The van der Waals surface area contributed by atoms with Crippen molar-refractivity contribution in [2.75, 3.05) is 6.54 Å². The highest BCUT2D eigenvalue weighted by Crippen LogP contribution is 2.15. The Labute approximate surface area is 169 Å². The van der Waals surface area contributed by atoms with Crippen LogP contribution in [0.15, 0.2) is 54.6 Å². The Morgan fingerprint density at radius 1 is 1.00 bits per heavy atom. The van der Waals surface area contributed by atoms with Crippen molar-refractivity contribution >= 4 is 11.8 Å². The summed E-state index contributed by atoms with van der Waals surface area (Å²) < 4.78 is 0.